The number of nitrogens with one attached hydrogen (secondary N) is 1. The zero-order valence-electron chi connectivity index (χ0n) is 11.1. The molecule has 2 aromatic rings. The van der Waals surface area contributed by atoms with E-state index in [1.807, 2.05) is 25.5 Å². The van der Waals surface area contributed by atoms with Gasteiger partial charge in [-0.2, -0.15) is 0 Å². The molecule has 3 rings (SSSR count). The Hall–Kier alpha value is -1.68. The van der Waals surface area contributed by atoms with Crippen molar-refractivity contribution in [3.63, 3.8) is 0 Å². The number of piperidine rings is 1. The van der Waals surface area contributed by atoms with Crippen LogP contribution in [0.4, 0.5) is 4.39 Å². The molecule has 1 unspecified atom stereocenters. The van der Waals surface area contributed by atoms with E-state index in [2.05, 4.69) is 14.9 Å². The van der Waals surface area contributed by atoms with Gasteiger partial charge < -0.3 is 9.88 Å². The lowest BCUT2D eigenvalue weighted by Gasteiger charge is -2.24. The molecule has 1 atom stereocenters. The molecule has 2 heterocycles. The summed E-state index contributed by atoms with van der Waals surface area (Å²) >= 11 is 0. The van der Waals surface area contributed by atoms with E-state index in [4.69, 9.17) is 0 Å². The highest BCUT2D eigenvalue weighted by molar-refractivity contribution is 5.42. The molecular weight excluding hydrogens is 241 g/mol. The zero-order valence-corrected chi connectivity index (χ0v) is 11.1. The fraction of sp³-hybridized carbons (Fsp3) is 0.400. The van der Waals surface area contributed by atoms with Crippen LogP contribution in [0.3, 0.4) is 0 Å². The van der Waals surface area contributed by atoms with Crippen LogP contribution >= 0.6 is 0 Å². The highest BCUT2D eigenvalue weighted by Gasteiger charge is 2.19. The van der Waals surface area contributed by atoms with Gasteiger partial charge in [0.25, 0.3) is 0 Å². The first-order chi connectivity index (χ1) is 9.25. The number of benzene rings is 1. The second kappa shape index (κ2) is 5.13. The van der Waals surface area contributed by atoms with E-state index in [1.165, 1.54) is 24.6 Å². The van der Waals surface area contributed by atoms with E-state index < -0.39 is 0 Å². The molecule has 0 saturated carbocycles. The van der Waals surface area contributed by atoms with Crippen molar-refractivity contribution in [1.82, 2.24) is 14.9 Å². The minimum absolute atomic E-state index is 0.192. The van der Waals surface area contributed by atoms with Crippen LogP contribution in [0.5, 0.6) is 0 Å². The van der Waals surface area contributed by atoms with Crippen molar-refractivity contribution < 1.29 is 4.39 Å². The van der Waals surface area contributed by atoms with E-state index in [1.54, 1.807) is 6.07 Å². The van der Waals surface area contributed by atoms with Crippen molar-refractivity contribution in [2.75, 3.05) is 13.1 Å². The van der Waals surface area contributed by atoms with Gasteiger partial charge >= 0.3 is 0 Å². The first-order valence-electron chi connectivity index (χ1n) is 6.75. The second-order valence-electron chi connectivity index (χ2n) is 5.16. The molecular formula is C15H18FN3. The molecule has 4 heteroatoms. The van der Waals surface area contributed by atoms with Gasteiger partial charge in [0.1, 0.15) is 5.82 Å². The maximum atomic E-state index is 13.2. The summed E-state index contributed by atoms with van der Waals surface area (Å²) < 4.78 is 15.3. The molecule has 0 radical (unpaired) electrons. The predicted molar refractivity (Wildman–Crippen MR) is 73.1 cm³/mol. The van der Waals surface area contributed by atoms with Crippen LogP contribution in [0.1, 0.15) is 30.0 Å². The zero-order chi connectivity index (χ0) is 13.2. The van der Waals surface area contributed by atoms with Crippen LogP contribution in [0.25, 0.3) is 5.69 Å². The monoisotopic (exact) mass is 259 g/mol. The Bertz CT molecular complexity index is 571. The SMILES string of the molecule is Cc1cc(F)ccc1-n1cncc1C1CCCNC1. The van der Waals surface area contributed by atoms with Gasteiger partial charge in [0.15, 0.2) is 0 Å². The minimum atomic E-state index is -0.192. The Morgan fingerprint density at radius 2 is 2.32 bits per heavy atom. The standard InChI is InChI=1S/C15H18FN3/c1-11-7-13(16)4-5-14(11)19-10-18-9-15(19)12-3-2-6-17-8-12/h4-5,7,9-10,12,17H,2-3,6,8H2,1H3. The number of rotatable bonds is 2. The maximum Gasteiger partial charge on any atom is 0.123 e. The van der Waals surface area contributed by atoms with Gasteiger partial charge in [-0.3, -0.25) is 0 Å². The fourth-order valence-electron chi connectivity index (χ4n) is 2.80. The smallest absolute Gasteiger partial charge is 0.123 e. The summed E-state index contributed by atoms with van der Waals surface area (Å²) in [6.07, 6.45) is 6.13. The molecule has 19 heavy (non-hydrogen) atoms. The number of aromatic nitrogens is 2. The van der Waals surface area contributed by atoms with E-state index in [0.717, 1.165) is 24.3 Å². The summed E-state index contributed by atoms with van der Waals surface area (Å²) in [6.45, 7) is 4.02. The summed E-state index contributed by atoms with van der Waals surface area (Å²) in [5, 5.41) is 3.42. The molecule has 100 valence electrons. The number of hydrogen-bond acceptors (Lipinski definition) is 2. The first kappa shape index (κ1) is 12.4. The molecule has 0 amide bonds. The van der Waals surface area contributed by atoms with Gasteiger partial charge in [-0.25, -0.2) is 9.37 Å². The molecule has 0 aliphatic carbocycles. The van der Waals surface area contributed by atoms with Crippen LogP contribution in [-0.2, 0) is 0 Å². The predicted octanol–water partition coefficient (Wildman–Crippen LogP) is 2.79. The average molecular weight is 259 g/mol. The molecule has 3 nitrogen and oxygen atoms in total. The molecule has 1 N–H and O–H groups in total. The molecule has 0 bridgehead atoms. The Labute approximate surface area is 112 Å². The van der Waals surface area contributed by atoms with Crippen molar-refractivity contribution in [3.05, 3.63) is 47.8 Å². The number of imidazole rings is 1. The molecule has 1 aliphatic rings. The molecule has 0 spiro atoms. The molecule has 1 aromatic carbocycles. The maximum absolute atomic E-state index is 13.2. The van der Waals surface area contributed by atoms with Crippen LogP contribution in [0.2, 0.25) is 0 Å². The number of aryl methyl sites for hydroxylation is 1. The molecule has 1 aliphatic heterocycles. The van der Waals surface area contributed by atoms with Crippen LogP contribution < -0.4 is 5.32 Å². The van der Waals surface area contributed by atoms with Crippen molar-refractivity contribution in [2.45, 2.75) is 25.7 Å². The molecule has 1 fully saturated rings. The quantitative estimate of drug-likeness (QED) is 0.898. The largest absolute Gasteiger partial charge is 0.316 e. The topological polar surface area (TPSA) is 29.9 Å². The summed E-state index contributed by atoms with van der Waals surface area (Å²) in [6, 6.07) is 4.90. The molecule has 1 aromatic heterocycles. The fourth-order valence-corrected chi connectivity index (χ4v) is 2.80. The molecule has 1 saturated heterocycles. The lowest BCUT2D eigenvalue weighted by Crippen LogP contribution is -2.29. The average Bonchev–Trinajstić information content (AvgIpc) is 2.89. The third kappa shape index (κ3) is 2.40. The van der Waals surface area contributed by atoms with Crippen molar-refractivity contribution >= 4 is 0 Å². The summed E-state index contributed by atoms with van der Waals surface area (Å²) in [7, 11) is 0. The van der Waals surface area contributed by atoms with Crippen molar-refractivity contribution in [2.24, 2.45) is 0 Å². The van der Waals surface area contributed by atoms with Gasteiger partial charge in [0.05, 0.1) is 6.33 Å². The van der Waals surface area contributed by atoms with Crippen LogP contribution in [0.15, 0.2) is 30.7 Å². The Balaban J connectivity index is 1.99. The van der Waals surface area contributed by atoms with Gasteiger partial charge in [0.2, 0.25) is 0 Å². The third-order valence-electron chi connectivity index (χ3n) is 3.80. The van der Waals surface area contributed by atoms with Gasteiger partial charge in [-0.1, -0.05) is 0 Å². The van der Waals surface area contributed by atoms with Crippen molar-refractivity contribution in [1.29, 1.82) is 0 Å². The summed E-state index contributed by atoms with van der Waals surface area (Å²) in [5.74, 6) is 0.294. The van der Waals surface area contributed by atoms with Gasteiger partial charge in [-0.05, 0) is 50.1 Å². The first-order valence-corrected chi connectivity index (χ1v) is 6.75. The number of hydrogen-bond donors (Lipinski definition) is 1. The Kier molecular flexibility index (Phi) is 3.34. The van der Waals surface area contributed by atoms with Gasteiger partial charge in [0, 0.05) is 30.0 Å². The highest BCUT2D eigenvalue weighted by atomic mass is 19.1. The third-order valence-corrected chi connectivity index (χ3v) is 3.80. The van der Waals surface area contributed by atoms with E-state index in [-0.39, 0.29) is 5.82 Å². The minimum Gasteiger partial charge on any atom is -0.316 e. The normalized spacial score (nSPS) is 19.6. The number of nitrogens with zero attached hydrogens (tertiary/aromatic N) is 2. The summed E-state index contributed by atoms with van der Waals surface area (Å²) in [4.78, 5) is 4.28. The lowest BCUT2D eigenvalue weighted by molar-refractivity contribution is 0.451. The van der Waals surface area contributed by atoms with E-state index in [0.29, 0.717) is 5.92 Å². The van der Waals surface area contributed by atoms with Gasteiger partial charge in [-0.15, -0.1) is 0 Å². The van der Waals surface area contributed by atoms with Crippen LogP contribution in [-0.4, -0.2) is 22.6 Å². The van der Waals surface area contributed by atoms with E-state index in [9.17, 15) is 4.39 Å². The van der Waals surface area contributed by atoms with Crippen LogP contribution in [0, 0.1) is 12.7 Å². The Morgan fingerprint density at radius 3 is 3.05 bits per heavy atom. The highest BCUT2D eigenvalue weighted by Crippen LogP contribution is 2.26. The summed E-state index contributed by atoms with van der Waals surface area (Å²) in [5.41, 5.74) is 3.16. The number of halogens is 1. The second-order valence-corrected chi connectivity index (χ2v) is 5.16. The lowest BCUT2D eigenvalue weighted by atomic mass is 9.96. The van der Waals surface area contributed by atoms with E-state index >= 15 is 0 Å². The Morgan fingerprint density at radius 1 is 1.42 bits per heavy atom. The van der Waals surface area contributed by atoms with Crippen molar-refractivity contribution in [3.8, 4) is 5.69 Å².